The van der Waals surface area contributed by atoms with Gasteiger partial charge in [-0.2, -0.15) is 0 Å². The molecule has 1 heterocycles. The third-order valence-corrected chi connectivity index (χ3v) is 8.82. The molecule has 4 saturated carbocycles. The molecule has 0 atom stereocenters. The number of para-hydroxylation sites is 1. The van der Waals surface area contributed by atoms with Crippen molar-refractivity contribution in [3.63, 3.8) is 0 Å². The number of aromatic nitrogens is 1. The van der Waals surface area contributed by atoms with Crippen LogP contribution in [0.2, 0.25) is 0 Å². The van der Waals surface area contributed by atoms with Crippen molar-refractivity contribution < 1.29 is 9.59 Å². The lowest BCUT2D eigenvalue weighted by Crippen LogP contribution is -2.68. The predicted molar refractivity (Wildman–Crippen MR) is 122 cm³/mol. The fourth-order valence-electron chi connectivity index (χ4n) is 6.68. The minimum absolute atomic E-state index is 0.0264. The average Bonchev–Trinajstić information content (AvgIpc) is 3.32. The van der Waals surface area contributed by atoms with Gasteiger partial charge in [0.2, 0.25) is 0 Å². The number of Topliss-reactive ketones (excluding diaryl/α,β-unsaturated/α-hetero) is 2. The summed E-state index contributed by atoms with van der Waals surface area (Å²) in [5.74, 6) is 0.628. The summed E-state index contributed by atoms with van der Waals surface area (Å²) < 4.78 is 2.22. The second-order valence-corrected chi connectivity index (χ2v) is 10.7. The summed E-state index contributed by atoms with van der Waals surface area (Å²) in [6, 6.07) is 16.8. The third-order valence-electron chi connectivity index (χ3n) is 8.82. The van der Waals surface area contributed by atoms with E-state index in [9.17, 15) is 9.59 Å². The van der Waals surface area contributed by atoms with Gasteiger partial charge in [-0.25, -0.2) is 0 Å². The summed E-state index contributed by atoms with van der Waals surface area (Å²) in [5, 5.41) is 1.13. The fourth-order valence-corrected chi connectivity index (χ4v) is 6.68. The lowest BCUT2D eigenvalue weighted by molar-refractivity contribution is -0.233. The molecule has 4 fully saturated rings. The first kappa shape index (κ1) is 19.0. The highest BCUT2D eigenvalue weighted by atomic mass is 16.1. The van der Waals surface area contributed by atoms with Crippen LogP contribution in [-0.4, -0.2) is 16.1 Å². The Morgan fingerprint density at radius 1 is 0.968 bits per heavy atom. The van der Waals surface area contributed by atoms with Crippen molar-refractivity contribution in [2.24, 2.45) is 16.2 Å². The minimum Gasteiger partial charge on any atom is -0.342 e. The Kier molecular flexibility index (Phi) is 3.80. The van der Waals surface area contributed by atoms with Crippen molar-refractivity contribution in [3.8, 4) is 0 Å². The van der Waals surface area contributed by atoms with Gasteiger partial charge < -0.3 is 4.57 Å². The molecule has 2 bridgehead atoms. The standard InChI is InChI=1S/C28H29NO2/c1-19-6-8-21(9-7-19)15-29-13-10-22-4-3-5-23(25(22)29)24(31)14-27(11-12-27)28-16-26(17-28,18-28)20(2)30/h3-10,13H,11-12,14-18H2,1-2H3. The molecule has 0 saturated heterocycles. The van der Waals surface area contributed by atoms with E-state index < -0.39 is 0 Å². The molecule has 4 aliphatic rings. The van der Waals surface area contributed by atoms with Crippen LogP contribution in [0.25, 0.3) is 10.9 Å². The first-order chi connectivity index (χ1) is 14.9. The average molecular weight is 412 g/mol. The molecule has 3 aromatic rings. The summed E-state index contributed by atoms with van der Waals surface area (Å²) in [6.45, 7) is 4.62. The molecule has 158 valence electrons. The maximum atomic E-state index is 13.6. The highest BCUT2D eigenvalue weighted by Gasteiger charge is 2.79. The number of benzene rings is 2. The van der Waals surface area contributed by atoms with Crippen LogP contribution in [0.4, 0.5) is 0 Å². The number of carbonyl (C=O) groups is 2. The predicted octanol–water partition coefficient (Wildman–Crippen LogP) is 6.11. The number of fused-ring (bicyclic) bond motifs is 1. The Morgan fingerprint density at radius 3 is 2.32 bits per heavy atom. The maximum absolute atomic E-state index is 13.6. The number of aryl methyl sites for hydroxylation is 1. The largest absolute Gasteiger partial charge is 0.342 e. The molecule has 0 aliphatic heterocycles. The molecule has 31 heavy (non-hydrogen) atoms. The van der Waals surface area contributed by atoms with Crippen LogP contribution in [0.5, 0.6) is 0 Å². The topological polar surface area (TPSA) is 39.1 Å². The number of hydrogen-bond acceptors (Lipinski definition) is 2. The molecular weight excluding hydrogens is 382 g/mol. The van der Waals surface area contributed by atoms with E-state index in [1.807, 2.05) is 12.1 Å². The van der Waals surface area contributed by atoms with Crippen LogP contribution < -0.4 is 0 Å². The molecule has 7 rings (SSSR count). The Morgan fingerprint density at radius 2 is 1.68 bits per heavy atom. The first-order valence-corrected chi connectivity index (χ1v) is 11.5. The molecule has 4 aliphatic carbocycles. The van der Waals surface area contributed by atoms with Gasteiger partial charge in [-0.1, -0.05) is 42.0 Å². The monoisotopic (exact) mass is 411 g/mol. The molecule has 0 radical (unpaired) electrons. The highest BCUT2D eigenvalue weighted by Crippen LogP contribution is 2.85. The summed E-state index contributed by atoms with van der Waals surface area (Å²) in [7, 11) is 0. The van der Waals surface area contributed by atoms with Gasteiger partial charge in [0.15, 0.2) is 5.78 Å². The van der Waals surface area contributed by atoms with Gasteiger partial charge in [0.25, 0.3) is 0 Å². The molecular formula is C28H29NO2. The molecule has 0 spiro atoms. The fraction of sp³-hybridized carbons (Fsp3) is 0.429. The van der Waals surface area contributed by atoms with Gasteiger partial charge >= 0.3 is 0 Å². The molecule has 3 heteroatoms. The van der Waals surface area contributed by atoms with E-state index >= 15 is 0 Å². The van der Waals surface area contributed by atoms with Crippen LogP contribution >= 0.6 is 0 Å². The lowest BCUT2D eigenvalue weighted by atomic mass is 9.30. The van der Waals surface area contributed by atoms with Gasteiger partial charge in [-0.05, 0) is 74.5 Å². The normalized spacial score (nSPS) is 27.4. The highest BCUT2D eigenvalue weighted by molar-refractivity contribution is 6.07. The SMILES string of the molecule is CC(=O)C12CC(C3(CC(=O)c4cccc5ccn(Cc6ccc(C)cc6)c45)CC3)(C1)C2. The van der Waals surface area contributed by atoms with Crippen LogP contribution in [0.15, 0.2) is 54.7 Å². The van der Waals surface area contributed by atoms with E-state index in [1.54, 1.807) is 6.92 Å². The Labute approximate surface area is 183 Å². The van der Waals surface area contributed by atoms with Crippen LogP contribution in [0, 0.1) is 23.2 Å². The zero-order valence-electron chi connectivity index (χ0n) is 18.4. The molecule has 3 nitrogen and oxygen atoms in total. The zero-order chi connectivity index (χ0) is 21.4. The summed E-state index contributed by atoms with van der Waals surface area (Å²) >= 11 is 0. The molecule has 0 unspecified atom stereocenters. The lowest BCUT2D eigenvalue weighted by Gasteiger charge is -2.73. The Balaban J connectivity index is 1.28. The van der Waals surface area contributed by atoms with Gasteiger partial charge in [0, 0.05) is 35.5 Å². The maximum Gasteiger partial charge on any atom is 0.165 e. The van der Waals surface area contributed by atoms with Crippen molar-refractivity contribution in [2.75, 3.05) is 0 Å². The zero-order valence-corrected chi connectivity index (χ0v) is 18.4. The second kappa shape index (κ2) is 6.18. The number of rotatable bonds is 7. The third kappa shape index (κ3) is 2.65. The van der Waals surface area contributed by atoms with Crippen molar-refractivity contribution >= 4 is 22.5 Å². The van der Waals surface area contributed by atoms with Crippen molar-refractivity contribution in [1.82, 2.24) is 4.57 Å². The summed E-state index contributed by atoms with van der Waals surface area (Å²) in [5.41, 5.74) is 4.81. The van der Waals surface area contributed by atoms with Crippen molar-refractivity contribution in [2.45, 2.75) is 58.9 Å². The first-order valence-electron chi connectivity index (χ1n) is 11.5. The van der Waals surface area contributed by atoms with E-state index in [0.29, 0.717) is 12.2 Å². The molecule has 1 aromatic heterocycles. The van der Waals surface area contributed by atoms with E-state index in [0.717, 1.165) is 55.1 Å². The minimum atomic E-state index is -0.0264. The van der Waals surface area contributed by atoms with E-state index in [1.165, 1.54) is 11.1 Å². The van der Waals surface area contributed by atoms with Crippen LogP contribution in [0.3, 0.4) is 0 Å². The number of carbonyl (C=O) groups excluding carboxylic acids is 2. The smallest absolute Gasteiger partial charge is 0.165 e. The summed E-state index contributed by atoms with van der Waals surface area (Å²) in [4.78, 5) is 25.6. The number of ketones is 2. The summed E-state index contributed by atoms with van der Waals surface area (Å²) in [6.07, 6.45) is 8.10. The quantitative estimate of drug-likeness (QED) is 0.440. The van der Waals surface area contributed by atoms with Gasteiger partial charge in [0.05, 0.1) is 5.52 Å². The van der Waals surface area contributed by atoms with Gasteiger partial charge in [-0.15, -0.1) is 0 Å². The number of hydrogen-bond donors (Lipinski definition) is 0. The Bertz CT molecular complexity index is 1210. The van der Waals surface area contributed by atoms with E-state index in [4.69, 9.17) is 0 Å². The van der Waals surface area contributed by atoms with Gasteiger partial charge in [-0.3, -0.25) is 9.59 Å². The Hall–Kier alpha value is -2.68. The molecule has 2 aromatic carbocycles. The second-order valence-electron chi connectivity index (χ2n) is 10.7. The van der Waals surface area contributed by atoms with E-state index in [2.05, 4.69) is 54.1 Å². The number of nitrogens with zero attached hydrogens (tertiary/aromatic N) is 1. The van der Waals surface area contributed by atoms with Crippen molar-refractivity contribution in [1.29, 1.82) is 0 Å². The van der Waals surface area contributed by atoms with Crippen LogP contribution in [0.1, 0.15) is 66.9 Å². The molecule has 0 N–H and O–H groups in total. The van der Waals surface area contributed by atoms with E-state index in [-0.39, 0.29) is 22.0 Å². The van der Waals surface area contributed by atoms with Crippen molar-refractivity contribution in [3.05, 3.63) is 71.4 Å². The molecule has 0 amide bonds. The van der Waals surface area contributed by atoms with Crippen LogP contribution in [-0.2, 0) is 11.3 Å². The van der Waals surface area contributed by atoms with Gasteiger partial charge in [0.1, 0.15) is 5.78 Å².